The van der Waals surface area contributed by atoms with E-state index >= 15 is 0 Å². The molecule has 1 N–H and O–H groups in total. The van der Waals surface area contributed by atoms with Gasteiger partial charge in [-0.3, -0.25) is 4.79 Å². The number of hydrogen-bond donors (Lipinski definition) is 1. The molecule has 0 aliphatic carbocycles. The number of rotatable bonds is 2. The van der Waals surface area contributed by atoms with Crippen molar-refractivity contribution in [1.29, 1.82) is 0 Å². The minimum absolute atomic E-state index is 0.274. The topological polar surface area (TPSA) is 29.1 Å². The van der Waals surface area contributed by atoms with Gasteiger partial charge in [-0.1, -0.05) is 6.07 Å². The van der Waals surface area contributed by atoms with Crippen molar-refractivity contribution < 1.29 is 18.0 Å². The van der Waals surface area contributed by atoms with Gasteiger partial charge >= 0.3 is 0 Å². The van der Waals surface area contributed by atoms with E-state index in [0.717, 1.165) is 9.64 Å². The molecule has 0 spiro atoms. The van der Waals surface area contributed by atoms with E-state index in [-0.39, 0.29) is 5.56 Å². The molecule has 2 aromatic carbocycles. The largest absolute Gasteiger partial charge is 0.319 e. The summed E-state index contributed by atoms with van der Waals surface area (Å²) in [4.78, 5) is 11.8. The van der Waals surface area contributed by atoms with Gasteiger partial charge in [0.2, 0.25) is 0 Å². The molecule has 0 aliphatic heterocycles. The summed E-state index contributed by atoms with van der Waals surface area (Å²) >= 11 is 2.01. The molecule has 0 bridgehead atoms. The lowest BCUT2D eigenvalue weighted by molar-refractivity contribution is 0.102. The number of anilines is 1. The van der Waals surface area contributed by atoms with Crippen molar-refractivity contribution in [2.45, 2.75) is 0 Å². The summed E-state index contributed by atoms with van der Waals surface area (Å²) in [6, 6.07) is 7.66. The molecule has 0 fully saturated rings. The van der Waals surface area contributed by atoms with Gasteiger partial charge < -0.3 is 5.32 Å². The fourth-order valence-electron chi connectivity index (χ4n) is 1.47. The van der Waals surface area contributed by atoms with Gasteiger partial charge in [-0.25, -0.2) is 13.2 Å². The third-order valence-electron chi connectivity index (χ3n) is 2.33. The number of benzene rings is 2. The Morgan fingerprint density at radius 3 is 2.53 bits per heavy atom. The first-order chi connectivity index (χ1) is 8.97. The third-order valence-corrected chi connectivity index (χ3v) is 3.00. The van der Waals surface area contributed by atoms with Crippen LogP contribution < -0.4 is 5.32 Å². The number of halogens is 4. The van der Waals surface area contributed by atoms with Gasteiger partial charge in [0.25, 0.3) is 5.91 Å². The van der Waals surface area contributed by atoms with Gasteiger partial charge in [-0.15, -0.1) is 0 Å². The summed E-state index contributed by atoms with van der Waals surface area (Å²) in [5.74, 6) is -4.24. The van der Waals surface area contributed by atoms with Crippen LogP contribution in [0.15, 0.2) is 36.4 Å². The Hall–Kier alpha value is -1.57. The standard InChI is InChI=1S/C13H7F3INO/c14-8-5-10(15)12(16)11(6-8)18-13(19)7-2-1-3-9(17)4-7/h1-6H,(H,18,19). The van der Waals surface area contributed by atoms with Crippen LogP contribution in [0.5, 0.6) is 0 Å². The predicted molar refractivity (Wildman–Crippen MR) is 73.4 cm³/mol. The van der Waals surface area contributed by atoms with Crippen LogP contribution in [0, 0.1) is 21.0 Å². The molecule has 0 heterocycles. The van der Waals surface area contributed by atoms with Crippen LogP contribution in [-0.4, -0.2) is 5.91 Å². The second-order valence-corrected chi connectivity index (χ2v) is 4.96. The van der Waals surface area contributed by atoms with E-state index in [2.05, 4.69) is 5.32 Å². The number of nitrogens with one attached hydrogen (secondary N) is 1. The van der Waals surface area contributed by atoms with Crippen molar-refractivity contribution in [2.24, 2.45) is 0 Å². The zero-order valence-corrected chi connectivity index (χ0v) is 11.5. The van der Waals surface area contributed by atoms with Crippen molar-refractivity contribution >= 4 is 34.2 Å². The molecule has 0 unspecified atom stereocenters. The molecule has 0 saturated carbocycles. The van der Waals surface area contributed by atoms with Crippen molar-refractivity contribution in [3.05, 3.63) is 63.0 Å². The van der Waals surface area contributed by atoms with E-state index in [9.17, 15) is 18.0 Å². The molecule has 0 saturated heterocycles. The normalized spacial score (nSPS) is 10.3. The molecule has 0 aliphatic rings. The minimum Gasteiger partial charge on any atom is -0.319 e. The average Bonchev–Trinajstić information content (AvgIpc) is 2.35. The fourth-order valence-corrected chi connectivity index (χ4v) is 2.01. The van der Waals surface area contributed by atoms with Gasteiger partial charge in [-0.2, -0.15) is 0 Å². The Balaban J connectivity index is 2.29. The maximum absolute atomic E-state index is 13.4. The molecule has 0 radical (unpaired) electrons. The predicted octanol–water partition coefficient (Wildman–Crippen LogP) is 3.96. The van der Waals surface area contributed by atoms with Crippen LogP contribution in [-0.2, 0) is 0 Å². The first-order valence-corrected chi connectivity index (χ1v) is 6.26. The molecule has 2 aromatic rings. The van der Waals surface area contributed by atoms with E-state index in [1.165, 1.54) is 6.07 Å². The second-order valence-electron chi connectivity index (χ2n) is 3.71. The number of hydrogen-bond acceptors (Lipinski definition) is 1. The maximum Gasteiger partial charge on any atom is 0.255 e. The highest BCUT2D eigenvalue weighted by atomic mass is 127. The highest BCUT2D eigenvalue weighted by Gasteiger charge is 2.14. The van der Waals surface area contributed by atoms with Crippen molar-refractivity contribution in [1.82, 2.24) is 0 Å². The van der Waals surface area contributed by atoms with Crippen LogP contribution >= 0.6 is 22.6 Å². The smallest absolute Gasteiger partial charge is 0.255 e. The highest BCUT2D eigenvalue weighted by molar-refractivity contribution is 14.1. The summed E-state index contributed by atoms with van der Waals surface area (Å²) in [5.41, 5.74) is -0.252. The van der Waals surface area contributed by atoms with Crippen molar-refractivity contribution in [3.63, 3.8) is 0 Å². The maximum atomic E-state index is 13.4. The molecular formula is C13H7F3INO. The van der Waals surface area contributed by atoms with Crippen LogP contribution in [0.1, 0.15) is 10.4 Å². The first-order valence-electron chi connectivity index (χ1n) is 5.19. The van der Waals surface area contributed by atoms with Crippen LogP contribution in [0.25, 0.3) is 0 Å². The Kier molecular flexibility index (Phi) is 4.08. The highest BCUT2D eigenvalue weighted by Crippen LogP contribution is 2.20. The molecule has 0 atom stereocenters. The lowest BCUT2D eigenvalue weighted by Gasteiger charge is -2.07. The van der Waals surface area contributed by atoms with E-state index in [0.29, 0.717) is 6.07 Å². The summed E-state index contributed by atoms with van der Waals surface area (Å²) < 4.78 is 40.2. The molecule has 6 heteroatoms. The van der Waals surface area contributed by atoms with E-state index < -0.39 is 29.0 Å². The molecule has 1 amide bonds. The van der Waals surface area contributed by atoms with Crippen LogP contribution in [0.4, 0.5) is 18.9 Å². The SMILES string of the molecule is O=C(Nc1cc(F)cc(F)c1F)c1cccc(I)c1. The lowest BCUT2D eigenvalue weighted by Crippen LogP contribution is -2.14. The summed E-state index contributed by atoms with van der Waals surface area (Å²) in [6.45, 7) is 0. The summed E-state index contributed by atoms with van der Waals surface area (Å²) in [7, 11) is 0. The van der Waals surface area contributed by atoms with E-state index in [1.54, 1.807) is 18.2 Å². The monoisotopic (exact) mass is 377 g/mol. The molecule has 0 aromatic heterocycles. The van der Waals surface area contributed by atoms with Gasteiger partial charge in [0.15, 0.2) is 11.6 Å². The van der Waals surface area contributed by atoms with E-state index in [4.69, 9.17) is 0 Å². The third kappa shape index (κ3) is 3.25. The molecule has 98 valence electrons. The summed E-state index contributed by atoms with van der Waals surface area (Å²) in [6.07, 6.45) is 0. The van der Waals surface area contributed by atoms with Crippen molar-refractivity contribution in [3.8, 4) is 0 Å². The number of carbonyl (C=O) groups excluding carboxylic acids is 1. The summed E-state index contributed by atoms with van der Waals surface area (Å²) in [5, 5.41) is 2.14. The molecule has 19 heavy (non-hydrogen) atoms. The fraction of sp³-hybridized carbons (Fsp3) is 0. The average molecular weight is 377 g/mol. The van der Waals surface area contributed by atoms with Gasteiger partial charge in [0.05, 0.1) is 5.69 Å². The van der Waals surface area contributed by atoms with E-state index in [1.807, 2.05) is 22.6 Å². The zero-order valence-electron chi connectivity index (χ0n) is 9.38. The van der Waals surface area contributed by atoms with Gasteiger partial charge in [0.1, 0.15) is 5.82 Å². The molecular weight excluding hydrogens is 370 g/mol. The lowest BCUT2D eigenvalue weighted by atomic mass is 10.2. The second kappa shape index (κ2) is 5.60. The van der Waals surface area contributed by atoms with Crippen LogP contribution in [0.2, 0.25) is 0 Å². The Labute approximate surface area is 120 Å². The minimum atomic E-state index is -1.35. The van der Waals surface area contributed by atoms with Crippen molar-refractivity contribution in [2.75, 3.05) is 5.32 Å². The van der Waals surface area contributed by atoms with Crippen LogP contribution in [0.3, 0.4) is 0 Å². The molecule has 2 nitrogen and oxygen atoms in total. The molecule has 2 rings (SSSR count). The first kappa shape index (κ1) is 13.9. The van der Waals surface area contributed by atoms with Gasteiger partial charge in [-0.05, 0) is 40.8 Å². The Morgan fingerprint density at radius 2 is 1.84 bits per heavy atom. The zero-order chi connectivity index (χ0) is 14.0. The quantitative estimate of drug-likeness (QED) is 0.623. The van der Waals surface area contributed by atoms with Gasteiger partial charge in [0, 0.05) is 21.3 Å². The Bertz CT molecular complexity index is 646. The Morgan fingerprint density at radius 1 is 1.11 bits per heavy atom. The number of amides is 1. The number of carbonyl (C=O) groups is 1.